The molecule has 3 aromatic rings. The van der Waals surface area contributed by atoms with E-state index in [0.29, 0.717) is 23.1 Å². The highest BCUT2D eigenvalue weighted by atomic mass is 35.5. The molecule has 0 atom stereocenters. The average Bonchev–Trinajstić information content (AvgIpc) is 2.92. The maximum Gasteiger partial charge on any atom is 0.0555 e. The third-order valence-corrected chi connectivity index (χ3v) is 5.36. The molecule has 3 N–H and O–H groups in total. The Bertz CT molecular complexity index is 908. The zero-order valence-corrected chi connectivity index (χ0v) is 16.9. The van der Waals surface area contributed by atoms with Crippen LogP contribution < -0.4 is 10.6 Å². The predicted octanol–water partition coefficient (Wildman–Crippen LogP) is 3.98. The van der Waals surface area contributed by atoms with E-state index in [9.17, 15) is 0 Å². The maximum absolute atomic E-state index is 8.81. The van der Waals surface area contributed by atoms with Crippen LogP contribution in [0.25, 0.3) is 10.9 Å². The van der Waals surface area contributed by atoms with E-state index < -0.39 is 0 Å². The fourth-order valence-electron chi connectivity index (χ4n) is 3.34. The maximum atomic E-state index is 8.81. The van der Waals surface area contributed by atoms with Gasteiger partial charge >= 0.3 is 0 Å². The Morgan fingerprint density at radius 3 is 2.56 bits per heavy atom. The number of rotatable bonds is 9. The summed E-state index contributed by atoms with van der Waals surface area (Å²) in [5.41, 5.74) is 4.80. The topological polar surface area (TPSA) is 49.2 Å². The van der Waals surface area contributed by atoms with E-state index in [1.807, 2.05) is 12.1 Å². The molecule has 4 nitrogen and oxygen atoms in total. The van der Waals surface area contributed by atoms with Crippen LogP contribution in [0.1, 0.15) is 16.8 Å². The van der Waals surface area contributed by atoms with E-state index in [1.54, 1.807) is 6.07 Å². The highest BCUT2D eigenvalue weighted by Gasteiger charge is 2.14. The summed E-state index contributed by atoms with van der Waals surface area (Å²) in [6.45, 7) is 6.14. The lowest BCUT2D eigenvalue weighted by Gasteiger charge is -2.11. The molecule has 0 radical (unpaired) electrons. The molecule has 0 unspecified atom stereocenters. The van der Waals surface area contributed by atoms with Gasteiger partial charge in [-0.3, -0.25) is 0 Å². The molecular formula is C21H25Cl2N3O. The molecule has 0 fully saturated rings. The summed E-state index contributed by atoms with van der Waals surface area (Å²) >= 11 is 12.4. The number of hydrogen-bond acceptors (Lipinski definition) is 3. The summed E-state index contributed by atoms with van der Waals surface area (Å²) in [4.78, 5) is 0. The lowest BCUT2D eigenvalue weighted by atomic mass is 10.1. The van der Waals surface area contributed by atoms with Crippen LogP contribution in [0.2, 0.25) is 10.0 Å². The number of aliphatic hydroxyl groups excluding tert-OH is 1. The number of nitrogens with one attached hydrogen (secondary N) is 2. The van der Waals surface area contributed by atoms with Crippen molar-refractivity contribution in [2.75, 3.05) is 26.2 Å². The molecule has 0 spiro atoms. The van der Waals surface area contributed by atoms with Gasteiger partial charge in [0.25, 0.3) is 0 Å². The van der Waals surface area contributed by atoms with Crippen molar-refractivity contribution in [3.8, 4) is 0 Å². The Kier molecular flexibility index (Phi) is 7.16. The first kappa shape index (κ1) is 20.2. The van der Waals surface area contributed by atoms with Crippen molar-refractivity contribution in [2.45, 2.75) is 20.0 Å². The minimum Gasteiger partial charge on any atom is -0.395 e. The number of para-hydroxylation sites is 1. The minimum atomic E-state index is 0.167. The third-order valence-electron chi connectivity index (χ3n) is 4.77. The molecule has 144 valence electrons. The number of hydrogen-bond donors (Lipinski definition) is 3. The molecule has 0 aliphatic carbocycles. The normalized spacial score (nSPS) is 11.4. The molecule has 0 saturated carbocycles. The Morgan fingerprint density at radius 2 is 1.78 bits per heavy atom. The first-order valence-electron chi connectivity index (χ1n) is 9.14. The van der Waals surface area contributed by atoms with Crippen molar-refractivity contribution in [2.24, 2.45) is 0 Å². The van der Waals surface area contributed by atoms with Gasteiger partial charge in [0.1, 0.15) is 0 Å². The van der Waals surface area contributed by atoms with Gasteiger partial charge in [-0.05, 0) is 36.2 Å². The summed E-state index contributed by atoms with van der Waals surface area (Å²) in [5.74, 6) is 0. The number of halogens is 2. The van der Waals surface area contributed by atoms with Gasteiger partial charge in [-0.1, -0.05) is 47.5 Å². The van der Waals surface area contributed by atoms with Crippen LogP contribution >= 0.6 is 23.2 Å². The van der Waals surface area contributed by atoms with Crippen LogP contribution in [0.3, 0.4) is 0 Å². The molecule has 1 aromatic heterocycles. The van der Waals surface area contributed by atoms with E-state index in [2.05, 4.69) is 46.4 Å². The van der Waals surface area contributed by atoms with Crippen LogP contribution in [-0.2, 0) is 13.1 Å². The minimum absolute atomic E-state index is 0.167. The summed E-state index contributed by atoms with van der Waals surface area (Å²) < 4.78 is 2.31. The summed E-state index contributed by atoms with van der Waals surface area (Å²) in [6.07, 6.45) is 0. The summed E-state index contributed by atoms with van der Waals surface area (Å²) in [6, 6.07) is 14.1. The first-order valence-corrected chi connectivity index (χ1v) is 9.90. The molecule has 2 aromatic carbocycles. The molecule has 0 aliphatic rings. The zero-order chi connectivity index (χ0) is 19.2. The van der Waals surface area contributed by atoms with Crippen LogP contribution in [0, 0.1) is 6.92 Å². The molecular weight excluding hydrogens is 381 g/mol. The monoisotopic (exact) mass is 405 g/mol. The van der Waals surface area contributed by atoms with Crippen molar-refractivity contribution in [1.82, 2.24) is 15.2 Å². The number of benzene rings is 2. The van der Waals surface area contributed by atoms with Gasteiger partial charge in [-0.2, -0.15) is 0 Å². The second-order valence-corrected chi connectivity index (χ2v) is 7.40. The molecule has 3 rings (SSSR count). The van der Waals surface area contributed by atoms with Gasteiger partial charge in [0.15, 0.2) is 0 Å². The van der Waals surface area contributed by atoms with Crippen molar-refractivity contribution in [3.63, 3.8) is 0 Å². The number of fused-ring (bicyclic) bond motifs is 1. The lowest BCUT2D eigenvalue weighted by Crippen LogP contribution is -2.28. The van der Waals surface area contributed by atoms with Crippen molar-refractivity contribution in [1.29, 1.82) is 0 Å². The van der Waals surface area contributed by atoms with E-state index in [4.69, 9.17) is 28.3 Å². The van der Waals surface area contributed by atoms with Gasteiger partial charge in [-0.25, -0.2) is 0 Å². The quantitative estimate of drug-likeness (QED) is 0.472. The van der Waals surface area contributed by atoms with Crippen LogP contribution in [0.15, 0.2) is 42.5 Å². The lowest BCUT2D eigenvalue weighted by molar-refractivity contribution is 0.292. The number of aliphatic hydroxyl groups is 1. The molecule has 0 aliphatic heterocycles. The highest BCUT2D eigenvalue weighted by molar-refractivity contribution is 6.35. The Hall–Kier alpha value is -1.56. The molecule has 27 heavy (non-hydrogen) atoms. The fraction of sp³-hybridized carbons (Fsp3) is 0.333. The second kappa shape index (κ2) is 9.58. The molecule has 0 amide bonds. The van der Waals surface area contributed by atoms with E-state index >= 15 is 0 Å². The molecule has 6 heteroatoms. The number of aromatic nitrogens is 1. The van der Waals surface area contributed by atoms with Crippen molar-refractivity contribution in [3.05, 3.63) is 69.3 Å². The smallest absolute Gasteiger partial charge is 0.0555 e. The Labute approximate surface area is 170 Å². The third kappa shape index (κ3) is 4.84. The van der Waals surface area contributed by atoms with E-state index in [1.165, 1.54) is 22.2 Å². The molecule has 1 heterocycles. The van der Waals surface area contributed by atoms with Gasteiger partial charge in [0, 0.05) is 59.4 Å². The summed E-state index contributed by atoms with van der Waals surface area (Å²) in [5, 5.41) is 18.1. The Balaban J connectivity index is 1.82. The first-order chi connectivity index (χ1) is 13.1. The van der Waals surface area contributed by atoms with Gasteiger partial charge in [0.05, 0.1) is 6.61 Å². The van der Waals surface area contributed by atoms with Gasteiger partial charge < -0.3 is 20.3 Å². The van der Waals surface area contributed by atoms with Crippen LogP contribution in [0.5, 0.6) is 0 Å². The van der Waals surface area contributed by atoms with E-state index in [-0.39, 0.29) is 6.61 Å². The second-order valence-electron chi connectivity index (χ2n) is 6.55. The Morgan fingerprint density at radius 1 is 1.00 bits per heavy atom. The SMILES string of the molecule is Cc1c(CNCCNCCO)c2ccccc2n1Cc1ccc(Cl)cc1Cl. The average molecular weight is 406 g/mol. The largest absolute Gasteiger partial charge is 0.395 e. The predicted molar refractivity (Wildman–Crippen MR) is 114 cm³/mol. The molecule has 0 saturated heterocycles. The van der Waals surface area contributed by atoms with Gasteiger partial charge in [0.2, 0.25) is 0 Å². The number of nitrogens with zero attached hydrogens (tertiary/aromatic N) is 1. The van der Waals surface area contributed by atoms with Crippen molar-refractivity contribution >= 4 is 34.1 Å². The van der Waals surface area contributed by atoms with Crippen LogP contribution in [-0.4, -0.2) is 35.9 Å². The van der Waals surface area contributed by atoms with Crippen molar-refractivity contribution < 1.29 is 5.11 Å². The zero-order valence-electron chi connectivity index (χ0n) is 15.4. The highest BCUT2D eigenvalue weighted by Crippen LogP contribution is 2.29. The molecule has 0 bridgehead atoms. The fourth-order valence-corrected chi connectivity index (χ4v) is 3.81. The summed E-state index contributed by atoms with van der Waals surface area (Å²) in [7, 11) is 0. The van der Waals surface area contributed by atoms with Crippen LogP contribution in [0.4, 0.5) is 0 Å². The van der Waals surface area contributed by atoms with Gasteiger partial charge in [-0.15, -0.1) is 0 Å². The van der Waals surface area contributed by atoms with E-state index in [0.717, 1.165) is 25.2 Å². The standard InChI is InChI=1S/C21H25Cl2N3O/c1-15-19(13-25-9-8-24-10-11-27)18-4-2-3-5-21(18)26(15)14-16-6-7-17(22)12-20(16)23/h2-7,12,24-25,27H,8-11,13-14H2,1H3.